The van der Waals surface area contributed by atoms with Gasteiger partial charge < -0.3 is 11.1 Å². The number of hydrogen-bond donors (Lipinski definition) is 2. The first-order chi connectivity index (χ1) is 8.97. The van der Waals surface area contributed by atoms with Crippen molar-refractivity contribution in [1.29, 1.82) is 0 Å². The zero-order chi connectivity index (χ0) is 14.0. The Labute approximate surface area is 133 Å². The van der Waals surface area contributed by atoms with Crippen molar-refractivity contribution in [3.8, 4) is 0 Å². The van der Waals surface area contributed by atoms with Crippen LogP contribution in [0.15, 0.2) is 30.5 Å². The Morgan fingerprint density at radius 1 is 1.32 bits per heavy atom. The largest absolute Gasteiger partial charge is 0.384 e. The summed E-state index contributed by atoms with van der Waals surface area (Å²) in [5.74, 6) is -0.111. The molecule has 3 N–H and O–H groups in total. The van der Waals surface area contributed by atoms with Gasteiger partial charge in [0.1, 0.15) is 5.82 Å². The van der Waals surface area contributed by atoms with Crippen LogP contribution in [0.2, 0.25) is 10.0 Å². The van der Waals surface area contributed by atoms with Crippen LogP contribution >= 0.6 is 45.8 Å². The number of benzene rings is 1. The third kappa shape index (κ3) is 3.49. The average molecular weight is 408 g/mol. The summed E-state index contributed by atoms with van der Waals surface area (Å²) in [7, 11) is 0. The molecule has 2 rings (SSSR count). The van der Waals surface area contributed by atoms with Gasteiger partial charge >= 0.3 is 0 Å². The van der Waals surface area contributed by atoms with Crippen molar-refractivity contribution in [1.82, 2.24) is 4.98 Å². The summed E-state index contributed by atoms with van der Waals surface area (Å²) in [5.41, 5.74) is 6.47. The zero-order valence-corrected chi connectivity index (χ0v) is 13.1. The van der Waals surface area contributed by atoms with E-state index in [2.05, 4.69) is 32.9 Å². The van der Waals surface area contributed by atoms with Crippen LogP contribution in [0.4, 0.5) is 11.5 Å². The molecule has 0 spiro atoms. The molecule has 0 atom stereocenters. The Balaban J connectivity index is 2.28. The summed E-state index contributed by atoms with van der Waals surface area (Å²) in [6.07, 6.45) is 1.35. The standard InChI is InChI=1S/C12H8Cl2IN3O/c13-6-1-2-10(9(15)3-6)18-12(19)7-4-11(16)17-5-8(7)14/h1-5H,(H2,16,17)(H,18,19). The lowest BCUT2D eigenvalue weighted by Crippen LogP contribution is -2.14. The van der Waals surface area contributed by atoms with E-state index >= 15 is 0 Å². The summed E-state index contributed by atoms with van der Waals surface area (Å²) >= 11 is 13.9. The minimum absolute atomic E-state index is 0.236. The molecule has 0 aliphatic rings. The van der Waals surface area contributed by atoms with E-state index in [0.717, 1.165) is 3.57 Å². The molecule has 0 fully saturated rings. The molecule has 1 amide bonds. The highest BCUT2D eigenvalue weighted by Gasteiger charge is 2.13. The van der Waals surface area contributed by atoms with Gasteiger partial charge in [0, 0.05) is 14.8 Å². The van der Waals surface area contributed by atoms with Gasteiger partial charge in [-0.25, -0.2) is 4.98 Å². The van der Waals surface area contributed by atoms with Gasteiger partial charge in [0.05, 0.1) is 16.3 Å². The van der Waals surface area contributed by atoms with E-state index < -0.39 is 0 Å². The van der Waals surface area contributed by atoms with Crippen LogP contribution < -0.4 is 11.1 Å². The number of anilines is 2. The van der Waals surface area contributed by atoms with Crippen molar-refractivity contribution in [2.24, 2.45) is 0 Å². The third-order valence-corrected chi connectivity index (χ3v) is 3.73. The van der Waals surface area contributed by atoms with Crippen molar-refractivity contribution < 1.29 is 4.79 Å². The highest BCUT2D eigenvalue weighted by atomic mass is 127. The molecule has 1 heterocycles. The lowest BCUT2D eigenvalue weighted by Gasteiger charge is -2.09. The first kappa shape index (κ1) is 14.4. The second-order valence-electron chi connectivity index (χ2n) is 3.67. The fourth-order valence-electron chi connectivity index (χ4n) is 1.41. The first-order valence-electron chi connectivity index (χ1n) is 5.15. The number of amides is 1. The van der Waals surface area contributed by atoms with Crippen molar-refractivity contribution >= 4 is 63.2 Å². The second-order valence-corrected chi connectivity index (χ2v) is 5.67. The molecule has 0 unspecified atom stereocenters. The topological polar surface area (TPSA) is 68.0 Å². The third-order valence-electron chi connectivity index (χ3n) is 2.30. The van der Waals surface area contributed by atoms with Crippen LogP contribution in [0.1, 0.15) is 10.4 Å². The molecule has 0 aliphatic carbocycles. The van der Waals surface area contributed by atoms with E-state index in [0.29, 0.717) is 10.7 Å². The van der Waals surface area contributed by atoms with E-state index in [1.807, 2.05) is 0 Å². The summed E-state index contributed by atoms with van der Waals surface area (Å²) in [6.45, 7) is 0. The van der Waals surface area contributed by atoms with Crippen LogP contribution in [-0.2, 0) is 0 Å². The van der Waals surface area contributed by atoms with Gasteiger partial charge in [0.2, 0.25) is 0 Å². The smallest absolute Gasteiger partial charge is 0.257 e. The van der Waals surface area contributed by atoms with Gasteiger partial charge in [-0.3, -0.25) is 4.79 Å². The van der Waals surface area contributed by atoms with Gasteiger partial charge in [0.25, 0.3) is 5.91 Å². The number of rotatable bonds is 2. The number of carbonyl (C=O) groups is 1. The van der Waals surface area contributed by atoms with Crippen molar-refractivity contribution in [2.45, 2.75) is 0 Å². The molecule has 0 saturated heterocycles. The average Bonchev–Trinajstić information content (AvgIpc) is 2.35. The second kappa shape index (κ2) is 5.94. The Kier molecular flexibility index (Phi) is 4.49. The molecule has 98 valence electrons. The number of aromatic nitrogens is 1. The maximum absolute atomic E-state index is 12.1. The highest BCUT2D eigenvalue weighted by Crippen LogP contribution is 2.24. The Bertz CT molecular complexity index is 649. The molecule has 2 aromatic rings. The molecule has 7 heteroatoms. The van der Waals surface area contributed by atoms with Gasteiger partial charge in [-0.15, -0.1) is 0 Å². The number of halogens is 3. The van der Waals surface area contributed by atoms with Gasteiger partial charge in [0.15, 0.2) is 0 Å². The molecular formula is C12H8Cl2IN3O. The number of nitrogens with zero attached hydrogens (tertiary/aromatic N) is 1. The van der Waals surface area contributed by atoms with Crippen molar-refractivity contribution in [3.63, 3.8) is 0 Å². The number of nitrogens with one attached hydrogen (secondary N) is 1. The lowest BCUT2D eigenvalue weighted by atomic mass is 10.2. The van der Waals surface area contributed by atoms with Crippen LogP contribution in [0.25, 0.3) is 0 Å². The molecule has 1 aromatic heterocycles. The van der Waals surface area contributed by atoms with Crippen LogP contribution in [0.3, 0.4) is 0 Å². The fraction of sp³-hybridized carbons (Fsp3) is 0. The monoisotopic (exact) mass is 407 g/mol. The van der Waals surface area contributed by atoms with Crippen molar-refractivity contribution in [3.05, 3.63) is 49.6 Å². The van der Waals surface area contributed by atoms with Gasteiger partial charge in [-0.1, -0.05) is 23.2 Å². The van der Waals surface area contributed by atoms with Crippen molar-refractivity contribution in [2.75, 3.05) is 11.1 Å². The highest BCUT2D eigenvalue weighted by molar-refractivity contribution is 14.1. The van der Waals surface area contributed by atoms with Crippen LogP contribution in [0, 0.1) is 3.57 Å². The van der Waals surface area contributed by atoms with E-state index in [-0.39, 0.29) is 22.3 Å². The quantitative estimate of drug-likeness (QED) is 0.743. The summed E-state index contributed by atoms with van der Waals surface area (Å²) < 4.78 is 0.830. The molecule has 0 aliphatic heterocycles. The van der Waals surface area contributed by atoms with E-state index in [4.69, 9.17) is 28.9 Å². The van der Waals surface area contributed by atoms with Gasteiger partial charge in [-0.05, 0) is 46.9 Å². The predicted molar refractivity (Wildman–Crippen MR) is 85.8 cm³/mol. The fourth-order valence-corrected chi connectivity index (χ4v) is 2.60. The molecule has 0 saturated carbocycles. The maximum atomic E-state index is 12.1. The van der Waals surface area contributed by atoms with E-state index in [1.165, 1.54) is 12.3 Å². The van der Waals surface area contributed by atoms with Crippen LogP contribution in [-0.4, -0.2) is 10.9 Å². The number of hydrogen-bond acceptors (Lipinski definition) is 3. The number of pyridine rings is 1. The summed E-state index contributed by atoms with van der Waals surface area (Å²) in [5, 5.41) is 3.60. The maximum Gasteiger partial charge on any atom is 0.257 e. The number of carbonyl (C=O) groups excluding carboxylic acids is 1. The number of nitrogens with two attached hydrogens (primary N) is 1. The molecule has 4 nitrogen and oxygen atoms in total. The zero-order valence-electron chi connectivity index (χ0n) is 9.45. The minimum Gasteiger partial charge on any atom is -0.384 e. The number of nitrogen functional groups attached to an aromatic ring is 1. The lowest BCUT2D eigenvalue weighted by molar-refractivity contribution is 0.102. The van der Waals surface area contributed by atoms with E-state index in [9.17, 15) is 4.79 Å². The summed E-state index contributed by atoms with van der Waals surface area (Å²) in [4.78, 5) is 15.9. The van der Waals surface area contributed by atoms with E-state index in [1.54, 1.807) is 18.2 Å². The van der Waals surface area contributed by atoms with Crippen LogP contribution in [0.5, 0.6) is 0 Å². The minimum atomic E-state index is -0.348. The predicted octanol–water partition coefficient (Wildman–Crippen LogP) is 3.83. The Hall–Kier alpha value is -1.05. The summed E-state index contributed by atoms with van der Waals surface area (Å²) in [6, 6.07) is 6.60. The SMILES string of the molecule is Nc1cc(C(=O)Nc2ccc(Cl)cc2I)c(Cl)cn1. The van der Waals surface area contributed by atoms with Gasteiger partial charge in [-0.2, -0.15) is 0 Å². The first-order valence-corrected chi connectivity index (χ1v) is 6.98. The molecule has 0 radical (unpaired) electrons. The normalized spacial score (nSPS) is 10.3. The Morgan fingerprint density at radius 2 is 2.05 bits per heavy atom. The molecular weight excluding hydrogens is 400 g/mol. The Morgan fingerprint density at radius 3 is 2.74 bits per heavy atom. The molecule has 1 aromatic carbocycles. The molecule has 0 bridgehead atoms. The molecule has 19 heavy (non-hydrogen) atoms.